The molecular formula is C19H34N6O3. The van der Waals surface area contributed by atoms with Crippen LogP contribution in [0.1, 0.15) is 30.9 Å². The molecule has 0 bridgehead atoms. The fraction of sp³-hybridized carbons (Fsp3) is 0.737. The maximum Gasteiger partial charge on any atom is 0.241 e. The van der Waals surface area contributed by atoms with Crippen LogP contribution in [0.2, 0.25) is 0 Å². The van der Waals surface area contributed by atoms with Crippen LogP contribution in [0.5, 0.6) is 0 Å². The van der Waals surface area contributed by atoms with Crippen LogP contribution in [-0.4, -0.2) is 86.9 Å². The maximum atomic E-state index is 11.9. The molecule has 9 nitrogen and oxygen atoms in total. The fourth-order valence-electron chi connectivity index (χ4n) is 2.92. The van der Waals surface area contributed by atoms with Gasteiger partial charge in [0.1, 0.15) is 5.76 Å². The largest absolute Gasteiger partial charge is 0.379 e. The Morgan fingerprint density at radius 2 is 1.96 bits per heavy atom. The van der Waals surface area contributed by atoms with E-state index in [1.165, 1.54) is 0 Å². The Balaban J connectivity index is 1.98. The number of aliphatic imine (C=N–C) groups is 1. The third-order valence-corrected chi connectivity index (χ3v) is 4.73. The molecule has 0 spiro atoms. The molecule has 1 aliphatic heterocycles. The van der Waals surface area contributed by atoms with E-state index in [-0.39, 0.29) is 12.5 Å². The van der Waals surface area contributed by atoms with Gasteiger partial charge in [0.25, 0.3) is 0 Å². The minimum Gasteiger partial charge on any atom is -0.379 e. The zero-order valence-corrected chi connectivity index (χ0v) is 17.6. The summed E-state index contributed by atoms with van der Waals surface area (Å²) >= 11 is 0. The summed E-state index contributed by atoms with van der Waals surface area (Å²) in [6.07, 6.45) is 1.59. The molecule has 28 heavy (non-hydrogen) atoms. The summed E-state index contributed by atoms with van der Waals surface area (Å²) in [5.41, 5.74) is 1.98. The standard InChI is InChI=1S/C19H34N6O3/c1-5-16-15(17(6-2)28-23-16)13-21-19(22-14-18(26)24(3)4)20-7-8-25-9-11-27-12-10-25/h5-14H2,1-4H3,(H2,20,21,22). The van der Waals surface area contributed by atoms with E-state index < -0.39 is 0 Å². The number of aryl methyl sites for hydroxylation is 2. The Hall–Kier alpha value is -2.13. The van der Waals surface area contributed by atoms with Crippen molar-refractivity contribution in [2.75, 3.05) is 60.0 Å². The van der Waals surface area contributed by atoms with Gasteiger partial charge in [-0.3, -0.25) is 9.69 Å². The molecule has 1 aromatic heterocycles. The Morgan fingerprint density at radius 3 is 2.61 bits per heavy atom. The van der Waals surface area contributed by atoms with E-state index in [9.17, 15) is 4.79 Å². The summed E-state index contributed by atoms with van der Waals surface area (Å²) in [6, 6.07) is 0. The van der Waals surface area contributed by atoms with Gasteiger partial charge in [-0.1, -0.05) is 19.0 Å². The van der Waals surface area contributed by atoms with Crippen LogP contribution in [0, 0.1) is 0 Å². The normalized spacial score (nSPS) is 15.5. The van der Waals surface area contributed by atoms with Crippen LogP contribution in [-0.2, 0) is 28.9 Å². The average Bonchev–Trinajstić information content (AvgIpc) is 3.12. The summed E-state index contributed by atoms with van der Waals surface area (Å²) in [4.78, 5) is 20.5. The molecule has 0 aliphatic carbocycles. The van der Waals surface area contributed by atoms with Crippen molar-refractivity contribution in [1.29, 1.82) is 0 Å². The SMILES string of the molecule is CCc1noc(CC)c1CN=C(NCCN1CCOCC1)NCC(=O)N(C)C. The molecule has 0 aromatic carbocycles. The van der Waals surface area contributed by atoms with Crippen molar-refractivity contribution >= 4 is 11.9 Å². The van der Waals surface area contributed by atoms with Crippen molar-refractivity contribution in [3.63, 3.8) is 0 Å². The number of rotatable bonds is 9. The van der Waals surface area contributed by atoms with Crippen LogP contribution in [0.25, 0.3) is 0 Å². The Bertz CT molecular complexity index is 616. The predicted octanol–water partition coefficient (Wildman–Crippen LogP) is 0.255. The molecule has 2 heterocycles. The van der Waals surface area contributed by atoms with E-state index in [0.717, 1.165) is 69.3 Å². The smallest absolute Gasteiger partial charge is 0.241 e. The molecule has 2 N–H and O–H groups in total. The van der Waals surface area contributed by atoms with Crippen LogP contribution < -0.4 is 10.6 Å². The number of amides is 1. The highest BCUT2D eigenvalue weighted by Crippen LogP contribution is 2.16. The minimum atomic E-state index is -0.00356. The van der Waals surface area contributed by atoms with Gasteiger partial charge in [-0.15, -0.1) is 0 Å². The molecule has 0 unspecified atom stereocenters. The Labute approximate surface area is 167 Å². The van der Waals surface area contributed by atoms with Gasteiger partial charge >= 0.3 is 0 Å². The van der Waals surface area contributed by atoms with Gasteiger partial charge in [0, 0.05) is 52.3 Å². The first-order valence-electron chi connectivity index (χ1n) is 10.0. The van der Waals surface area contributed by atoms with Gasteiger partial charge in [-0.05, 0) is 6.42 Å². The molecule has 2 rings (SSSR count). The number of guanidine groups is 1. The summed E-state index contributed by atoms with van der Waals surface area (Å²) in [5, 5.41) is 10.6. The van der Waals surface area contributed by atoms with Crippen molar-refractivity contribution in [3.8, 4) is 0 Å². The second-order valence-corrected chi connectivity index (χ2v) is 6.93. The molecule has 1 amide bonds. The first-order chi connectivity index (χ1) is 13.5. The zero-order chi connectivity index (χ0) is 20.4. The van der Waals surface area contributed by atoms with Crippen molar-refractivity contribution < 1.29 is 14.1 Å². The number of hydrogen-bond donors (Lipinski definition) is 2. The second kappa shape index (κ2) is 11.7. The Morgan fingerprint density at radius 1 is 1.21 bits per heavy atom. The van der Waals surface area contributed by atoms with Gasteiger partial charge in [0.05, 0.1) is 32.0 Å². The Kier molecular flexibility index (Phi) is 9.22. The quantitative estimate of drug-likeness (QED) is 0.458. The maximum absolute atomic E-state index is 11.9. The highest BCUT2D eigenvalue weighted by Gasteiger charge is 2.14. The van der Waals surface area contributed by atoms with Crippen LogP contribution >= 0.6 is 0 Å². The van der Waals surface area contributed by atoms with Gasteiger partial charge in [0.2, 0.25) is 5.91 Å². The van der Waals surface area contributed by atoms with Gasteiger partial charge in [-0.2, -0.15) is 0 Å². The molecule has 0 atom stereocenters. The van der Waals surface area contributed by atoms with Gasteiger partial charge in [-0.25, -0.2) is 4.99 Å². The fourth-order valence-corrected chi connectivity index (χ4v) is 2.92. The van der Waals surface area contributed by atoms with Gasteiger partial charge in [0.15, 0.2) is 5.96 Å². The third-order valence-electron chi connectivity index (χ3n) is 4.73. The molecule has 158 valence electrons. The minimum absolute atomic E-state index is 0.00356. The molecular weight excluding hydrogens is 360 g/mol. The van der Waals surface area contributed by atoms with Gasteiger partial charge < -0.3 is 24.8 Å². The topological polar surface area (TPSA) is 95.2 Å². The number of nitrogens with one attached hydrogen (secondary N) is 2. The first-order valence-corrected chi connectivity index (χ1v) is 10.0. The number of aromatic nitrogens is 1. The molecule has 1 saturated heterocycles. The zero-order valence-electron chi connectivity index (χ0n) is 17.6. The summed E-state index contributed by atoms with van der Waals surface area (Å²) in [5.74, 6) is 1.49. The molecule has 0 radical (unpaired) electrons. The molecule has 1 fully saturated rings. The number of nitrogens with zero attached hydrogens (tertiary/aromatic N) is 4. The van der Waals surface area contributed by atoms with E-state index in [4.69, 9.17) is 9.26 Å². The lowest BCUT2D eigenvalue weighted by Gasteiger charge is -2.26. The van der Waals surface area contributed by atoms with Crippen molar-refractivity contribution in [2.45, 2.75) is 33.2 Å². The summed E-state index contributed by atoms with van der Waals surface area (Å²) in [6.45, 7) is 9.87. The number of carbonyl (C=O) groups is 1. The van der Waals surface area contributed by atoms with Crippen LogP contribution in [0.15, 0.2) is 9.52 Å². The number of hydrogen-bond acceptors (Lipinski definition) is 6. The van der Waals surface area contributed by atoms with Crippen LogP contribution in [0.3, 0.4) is 0 Å². The molecule has 1 aliphatic rings. The van der Waals surface area contributed by atoms with E-state index in [2.05, 4.69) is 32.6 Å². The highest BCUT2D eigenvalue weighted by molar-refractivity contribution is 5.86. The third kappa shape index (κ3) is 6.79. The van der Waals surface area contributed by atoms with Crippen LogP contribution in [0.4, 0.5) is 0 Å². The number of likely N-dealkylation sites (N-methyl/N-ethyl adjacent to an activating group) is 1. The van der Waals surface area contributed by atoms with E-state index in [1.807, 2.05) is 6.92 Å². The number of carbonyl (C=O) groups excluding carboxylic acids is 1. The lowest BCUT2D eigenvalue weighted by molar-refractivity contribution is -0.127. The number of ether oxygens (including phenoxy) is 1. The van der Waals surface area contributed by atoms with E-state index >= 15 is 0 Å². The van der Waals surface area contributed by atoms with Crippen molar-refractivity contribution in [3.05, 3.63) is 17.0 Å². The average molecular weight is 395 g/mol. The summed E-state index contributed by atoms with van der Waals surface area (Å²) in [7, 11) is 3.48. The monoisotopic (exact) mass is 394 g/mol. The predicted molar refractivity (Wildman–Crippen MR) is 108 cm³/mol. The lowest BCUT2D eigenvalue weighted by Crippen LogP contribution is -2.46. The molecule has 1 aromatic rings. The summed E-state index contributed by atoms with van der Waals surface area (Å²) < 4.78 is 10.8. The van der Waals surface area contributed by atoms with Crippen molar-refractivity contribution in [1.82, 2.24) is 25.6 Å². The molecule has 0 saturated carbocycles. The second-order valence-electron chi connectivity index (χ2n) is 6.93. The highest BCUT2D eigenvalue weighted by atomic mass is 16.5. The lowest BCUT2D eigenvalue weighted by atomic mass is 10.1. The first kappa shape index (κ1) is 22.2. The van der Waals surface area contributed by atoms with E-state index in [0.29, 0.717) is 12.5 Å². The van der Waals surface area contributed by atoms with E-state index in [1.54, 1.807) is 19.0 Å². The molecule has 9 heteroatoms. The van der Waals surface area contributed by atoms with Crippen molar-refractivity contribution in [2.24, 2.45) is 4.99 Å². The number of morpholine rings is 1.